The molecule has 0 rings (SSSR count). The lowest BCUT2D eigenvalue weighted by molar-refractivity contribution is -0.136. The summed E-state index contributed by atoms with van der Waals surface area (Å²) in [6.45, 7) is 6.25. The second kappa shape index (κ2) is 13.6. The molecule has 0 spiro atoms. The molecule has 0 aliphatic carbocycles. The Labute approximate surface area is 138 Å². The highest BCUT2D eigenvalue weighted by molar-refractivity contribution is 5.87. The van der Waals surface area contributed by atoms with Crippen molar-refractivity contribution < 1.29 is 24.2 Å². The van der Waals surface area contributed by atoms with E-state index >= 15 is 0 Å². The Balaban J connectivity index is 4.49. The van der Waals surface area contributed by atoms with Crippen LogP contribution < -0.4 is 0 Å². The van der Waals surface area contributed by atoms with E-state index in [-0.39, 0.29) is 13.0 Å². The van der Waals surface area contributed by atoms with Crippen LogP contribution in [0.3, 0.4) is 0 Å². The Hall–Kier alpha value is -2.08. The molecule has 6 heteroatoms. The molecule has 0 aliphatic rings. The molecule has 0 radical (unpaired) electrons. The average Bonchev–Trinajstić information content (AvgIpc) is 2.53. The van der Waals surface area contributed by atoms with Crippen molar-refractivity contribution in [1.29, 1.82) is 0 Å². The first-order chi connectivity index (χ1) is 11.0. The number of carbonyl (C=O) groups is 1. The summed E-state index contributed by atoms with van der Waals surface area (Å²) in [6.07, 6.45) is 7.63. The first-order valence-electron chi connectivity index (χ1n) is 7.41. The minimum atomic E-state index is -0.874. The summed E-state index contributed by atoms with van der Waals surface area (Å²) < 4.78 is 10.7. The predicted octanol–water partition coefficient (Wildman–Crippen LogP) is 3.31. The van der Waals surface area contributed by atoms with Gasteiger partial charge in [-0.2, -0.15) is 0 Å². The Morgan fingerprint density at radius 2 is 1.96 bits per heavy atom. The average molecular weight is 325 g/mol. The van der Waals surface area contributed by atoms with Gasteiger partial charge in [-0.25, -0.2) is 0 Å². The van der Waals surface area contributed by atoms with Gasteiger partial charge >= 0.3 is 5.97 Å². The maximum absolute atomic E-state index is 10.6. The number of allylic oxidation sites excluding steroid dienone is 4. The van der Waals surface area contributed by atoms with Gasteiger partial charge in [0.25, 0.3) is 0 Å². The zero-order valence-electron chi connectivity index (χ0n) is 14.2. The number of methoxy groups -OCH3 is 1. The quantitative estimate of drug-likeness (QED) is 0.243. The third-order valence-corrected chi connectivity index (χ3v) is 2.95. The zero-order valence-corrected chi connectivity index (χ0v) is 14.2. The normalized spacial score (nSPS) is 12.9. The van der Waals surface area contributed by atoms with E-state index in [0.717, 1.165) is 24.2 Å². The fraction of sp³-hybridized carbons (Fsp3) is 0.529. The Morgan fingerprint density at radius 1 is 1.22 bits per heavy atom. The van der Waals surface area contributed by atoms with Crippen LogP contribution >= 0.6 is 0 Å². The second-order valence-corrected chi connectivity index (χ2v) is 4.84. The van der Waals surface area contributed by atoms with Crippen LogP contribution in [0.2, 0.25) is 0 Å². The molecule has 0 aromatic carbocycles. The lowest BCUT2D eigenvalue weighted by atomic mass is 10.1. The summed E-state index contributed by atoms with van der Waals surface area (Å²) in [4.78, 5) is 15.3. The molecular weight excluding hydrogens is 298 g/mol. The molecule has 0 aliphatic heterocycles. The zero-order chi connectivity index (χ0) is 17.5. The van der Waals surface area contributed by atoms with Crippen LogP contribution in [0.1, 0.15) is 32.6 Å². The summed E-state index contributed by atoms with van der Waals surface area (Å²) in [5.74, 6) is -0.0295. The molecule has 0 atom stereocenters. The van der Waals surface area contributed by atoms with Gasteiger partial charge in [0.15, 0.2) is 0 Å². The van der Waals surface area contributed by atoms with Crippen molar-refractivity contribution in [1.82, 2.24) is 0 Å². The van der Waals surface area contributed by atoms with Crippen molar-refractivity contribution in [2.45, 2.75) is 32.6 Å². The first kappa shape index (κ1) is 20.9. The Bertz CT molecular complexity index is 452. The van der Waals surface area contributed by atoms with Crippen LogP contribution in [-0.4, -0.2) is 44.2 Å². The lowest BCUT2D eigenvalue weighted by Crippen LogP contribution is -2.13. The van der Waals surface area contributed by atoms with Crippen LogP contribution in [0.5, 0.6) is 0 Å². The fourth-order valence-electron chi connectivity index (χ4n) is 1.63. The molecule has 0 saturated carbocycles. The number of carboxylic acid groups (broad SMARTS) is 1. The van der Waals surface area contributed by atoms with Gasteiger partial charge in [-0.05, 0) is 31.4 Å². The van der Waals surface area contributed by atoms with E-state index in [1.165, 1.54) is 7.11 Å². The van der Waals surface area contributed by atoms with Crippen LogP contribution in [-0.2, 0) is 19.1 Å². The lowest BCUT2D eigenvalue weighted by Gasteiger charge is -2.09. The number of carboxylic acids is 1. The van der Waals surface area contributed by atoms with E-state index in [2.05, 4.69) is 17.8 Å². The molecule has 0 aromatic rings. The molecule has 130 valence electrons. The number of ether oxygens (including phenoxy) is 2. The summed E-state index contributed by atoms with van der Waals surface area (Å²) in [6, 6.07) is 0. The maximum Gasteiger partial charge on any atom is 0.303 e. The smallest absolute Gasteiger partial charge is 0.303 e. The number of aliphatic carboxylic acids is 1. The highest BCUT2D eigenvalue weighted by atomic mass is 16.6. The minimum absolute atomic E-state index is 0.000481. The largest absolute Gasteiger partial charge is 0.502 e. The molecule has 6 nitrogen and oxygen atoms in total. The number of hydrogen-bond acceptors (Lipinski definition) is 5. The van der Waals surface area contributed by atoms with Crippen molar-refractivity contribution in [2.24, 2.45) is 5.16 Å². The fourth-order valence-corrected chi connectivity index (χ4v) is 1.63. The molecule has 0 unspecified atom stereocenters. The van der Waals surface area contributed by atoms with Crippen molar-refractivity contribution in [3.8, 4) is 0 Å². The van der Waals surface area contributed by atoms with Crippen molar-refractivity contribution >= 4 is 11.7 Å². The summed E-state index contributed by atoms with van der Waals surface area (Å²) in [7, 11) is 3.06. The van der Waals surface area contributed by atoms with Gasteiger partial charge in [-0.1, -0.05) is 17.3 Å². The summed E-state index contributed by atoms with van der Waals surface area (Å²) in [5, 5.41) is 12.5. The van der Waals surface area contributed by atoms with Crippen molar-refractivity contribution in [3.05, 3.63) is 36.1 Å². The SMILES string of the molecule is C=CC/C=C(\C/C=C(\C)OC)COC/C(CCC(=O)O)=N/OC. The summed E-state index contributed by atoms with van der Waals surface area (Å²) in [5.41, 5.74) is 1.66. The molecule has 0 fully saturated rings. The minimum Gasteiger partial charge on any atom is -0.502 e. The van der Waals surface area contributed by atoms with E-state index in [0.29, 0.717) is 18.7 Å². The number of hydrogen-bond donors (Lipinski definition) is 1. The first-order valence-corrected chi connectivity index (χ1v) is 7.41. The van der Waals surface area contributed by atoms with Gasteiger partial charge in [-0.15, -0.1) is 6.58 Å². The number of nitrogens with zero attached hydrogens (tertiary/aromatic N) is 1. The van der Waals surface area contributed by atoms with Gasteiger partial charge in [0.1, 0.15) is 7.11 Å². The monoisotopic (exact) mass is 325 g/mol. The maximum atomic E-state index is 10.6. The van der Waals surface area contributed by atoms with Gasteiger partial charge < -0.3 is 19.4 Å². The molecule has 0 heterocycles. The Kier molecular flexibility index (Phi) is 12.3. The standard InChI is InChI=1S/C17H27NO5/c1-5-6-7-15(9-8-14(2)21-3)12-23-13-16(18-22-4)10-11-17(19)20/h5,7-8H,1,6,9-13H2,2-4H3,(H,19,20)/b14-8+,15-7+,18-16+. The van der Waals surface area contributed by atoms with Crippen LogP contribution in [0.15, 0.2) is 41.3 Å². The van der Waals surface area contributed by atoms with Gasteiger partial charge in [-0.3, -0.25) is 4.79 Å². The topological polar surface area (TPSA) is 77.4 Å². The van der Waals surface area contributed by atoms with Crippen molar-refractivity contribution in [2.75, 3.05) is 27.4 Å². The summed E-state index contributed by atoms with van der Waals surface area (Å²) >= 11 is 0. The second-order valence-electron chi connectivity index (χ2n) is 4.84. The van der Waals surface area contributed by atoms with Crippen molar-refractivity contribution in [3.63, 3.8) is 0 Å². The van der Waals surface area contributed by atoms with Crippen LogP contribution in [0.4, 0.5) is 0 Å². The molecular formula is C17H27NO5. The molecule has 1 N–H and O–H groups in total. The molecule has 0 aromatic heterocycles. The third kappa shape index (κ3) is 12.2. The third-order valence-electron chi connectivity index (χ3n) is 2.95. The number of oxime groups is 1. The van der Waals surface area contributed by atoms with E-state index < -0.39 is 5.97 Å². The highest BCUT2D eigenvalue weighted by Crippen LogP contribution is 2.09. The molecule has 23 heavy (non-hydrogen) atoms. The molecule has 0 bridgehead atoms. The number of rotatable bonds is 13. The van der Waals surface area contributed by atoms with Gasteiger partial charge in [0, 0.05) is 6.42 Å². The predicted molar refractivity (Wildman–Crippen MR) is 90.4 cm³/mol. The highest BCUT2D eigenvalue weighted by Gasteiger charge is 2.06. The van der Waals surface area contributed by atoms with Gasteiger partial charge in [0.2, 0.25) is 0 Å². The van der Waals surface area contributed by atoms with E-state index in [1.54, 1.807) is 7.11 Å². The Morgan fingerprint density at radius 3 is 2.52 bits per heavy atom. The van der Waals surface area contributed by atoms with Crippen LogP contribution in [0, 0.1) is 0 Å². The van der Waals surface area contributed by atoms with E-state index in [9.17, 15) is 4.79 Å². The van der Waals surface area contributed by atoms with Gasteiger partial charge in [0.05, 0.1) is 38.2 Å². The van der Waals surface area contributed by atoms with Crippen LogP contribution in [0.25, 0.3) is 0 Å². The molecule has 0 saturated heterocycles. The van der Waals surface area contributed by atoms with E-state index in [4.69, 9.17) is 19.4 Å². The molecule has 0 amide bonds. The van der Waals surface area contributed by atoms with E-state index in [1.807, 2.05) is 19.1 Å².